The van der Waals surface area contributed by atoms with Crippen LogP contribution in [-0.2, 0) is 15.9 Å². The smallest absolute Gasteiger partial charge is 0.340 e. The molecule has 26 heavy (non-hydrogen) atoms. The first kappa shape index (κ1) is 18.4. The molecule has 0 aromatic carbocycles. The van der Waals surface area contributed by atoms with E-state index in [-0.39, 0.29) is 35.6 Å². The fraction of sp³-hybridized carbons (Fsp3) is 0.500. The van der Waals surface area contributed by atoms with Gasteiger partial charge in [-0.2, -0.15) is 5.26 Å². The minimum atomic E-state index is -0.533. The largest absolute Gasteiger partial charge is 0.462 e. The van der Waals surface area contributed by atoms with Crippen molar-refractivity contribution in [3.8, 4) is 6.07 Å². The number of pyridine rings is 1. The molecule has 0 saturated carbocycles. The van der Waals surface area contributed by atoms with Crippen molar-refractivity contribution < 1.29 is 18.7 Å². The summed E-state index contributed by atoms with van der Waals surface area (Å²) in [5.74, 6) is -0.771. The van der Waals surface area contributed by atoms with E-state index in [2.05, 4.69) is 0 Å². The Morgan fingerprint density at radius 3 is 2.92 bits per heavy atom. The van der Waals surface area contributed by atoms with Crippen LogP contribution in [0, 0.1) is 17.1 Å². The lowest BCUT2D eigenvalue weighted by atomic mass is 9.84. The van der Waals surface area contributed by atoms with Crippen LogP contribution in [-0.4, -0.2) is 29.2 Å². The van der Waals surface area contributed by atoms with Gasteiger partial charge >= 0.3 is 5.97 Å². The summed E-state index contributed by atoms with van der Waals surface area (Å²) in [7, 11) is 0. The minimum Gasteiger partial charge on any atom is -0.462 e. The number of ether oxygens (including phenoxy) is 2. The standard InChI is InChI=1S/C20H23FN2O3/c1-4-25-19(24)16-12-23-11-14(13-6-8-26-20(2,3)10-13)9-17(21)18(23)15(16)5-7-22/h9,11-13H,4-6,8,10H2,1-3H3. The van der Waals surface area contributed by atoms with Crippen LogP contribution in [0.3, 0.4) is 0 Å². The molecule has 3 rings (SSSR count). The average molecular weight is 358 g/mol. The van der Waals surface area contributed by atoms with Crippen molar-refractivity contribution in [1.29, 1.82) is 5.26 Å². The highest BCUT2D eigenvalue weighted by atomic mass is 19.1. The van der Waals surface area contributed by atoms with E-state index in [1.165, 1.54) is 6.07 Å². The summed E-state index contributed by atoms with van der Waals surface area (Å²) < 4.78 is 27.4. The van der Waals surface area contributed by atoms with Gasteiger partial charge in [-0.25, -0.2) is 9.18 Å². The minimum absolute atomic E-state index is 0.0504. The van der Waals surface area contributed by atoms with Gasteiger partial charge in [0.15, 0.2) is 0 Å². The lowest BCUT2D eigenvalue weighted by Crippen LogP contribution is -2.33. The fourth-order valence-corrected chi connectivity index (χ4v) is 3.73. The van der Waals surface area contributed by atoms with Crippen molar-refractivity contribution >= 4 is 11.5 Å². The summed E-state index contributed by atoms with van der Waals surface area (Å²) in [5, 5.41) is 9.09. The molecule has 0 N–H and O–H groups in total. The molecule has 1 fully saturated rings. The number of halogens is 1. The number of esters is 1. The number of nitrogens with zero attached hydrogens (tertiary/aromatic N) is 2. The van der Waals surface area contributed by atoms with Gasteiger partial charge in [0.25, 0.3) is 0 Å². The maximum Gasteiger partial charge on any atom is 0.340 e. The highest BCUT2D eigenvalue weighted by molar-refractivity contribution is 5.94. The lowest BCUT2D eigenvalue weighted by Gasteiger charge is -2.35. The second kappa shape index (κ2) is 7.08. The monoisotopic (exact) mass is 358 g/mol. The van der Waals surface area contributed by atoms with Gasteiger partial charge in [-0.05, 0) is 51.2 Å². The first-order valence-electron chi connectivity index (χ1n) is 8.87. The van der Waals surface area contributed by atoms with Gasteiger partial charge in [-0.3, -0.25) is 0 Å². The van der Waals surface area contributed by atoms with Crippen LogP contribution in [0.25, 0.3) is 5.52 Å². The first-order chi connectivity index (χ1) is 12.4. The zero-order valence-corrected chi connectivity index (χ0v) is 15.3. The zero-order chi connectivity index (χ0) is 18.9. The highest BCUT2D eigenvalue weighted by Gasteiger charge is 2.31. The third-order valence-electron chi connectivity index (χ3n) is 4.86. The average Bonchev–Trinajstić information content (AvgIpc) is 2.94. The Labute approximate surface area is 152 Å². The topological polar surface area (TPSA) is 63.7 Å². The number of hydrogen-bond donors (Lipinski definition) is 0. The van der Waals surface area contributed by atoms with Crippen molar-refractivity contribution in [2.45, 2.75) is 51.6 Å². The first-order valence-corrected chi connectivity index (χ1v) is 8.87. The van der Waals surface area contributed by atoms with Gasteiger partial charge in [0.1, 0.15) is 5.82 Å². The number of fused-ring (bicyclic) bond motifs is 1. The third kappa shape index (κ3) is 3.45. The Balaban J connectivity index is 2.08. The molecule has 2 aromatic heterocycles. The molecule has 0 radical (unpaired) electrons. The number of rotatable bonds is 4. The second-order valence-corrected chi connectivity index (χ2v) is 7.25. The molecule has 6 heteroatoms. The van der Waals surface area contributed by atoms with Crippen molar-refractivity contribution in [2.24, 2.45) is 0 Å². The molecule has 1 aliphatic heterocycles. The van der Waals surface area contributed by atoms with Crippen LogP contribution in [0.5, 0.6) is 0 Å². The van der Waals surface area contributed by atoms with Gasteiger partial charge < -0.3 is 13.9 Å². The van der Waals surface area contributed by atoms with E-state index in [0.29, 0.717) is 12.2 Å². The quantitative estimate of drug-likeness (QED) is 0.775. The number of carbonyl (C=O) groups excluding carboxylic acids is 1. The van der Waals surface area contributed by atoms with E-state index in [4.69, 9.17) is 14.7 Å². The van der Waals surface area contributed by atoms with E-state index in [9.17, 15) is 9.18 Å². The van der Waals surface area contributed by atoms with Crippen LogP contribution in [0.2, 0.25) is 0 Å². The Hall–Kier alpha value is -2.39. The lowest BCUT2D eigenvalue weighted by molar-refractivity contribution is -0.0593. The summed E-state index contributed by atoms with van der Waals surface area (Å²) in [6, 6.07) is 3.54. The predicted molar refractivity (Wildman–Crippen MR) is 94.6 cm³/mol. The van der Waals surface area contributed by atoms with Gasteiger partial charge in [0.2, 0.25) is 0 Å². The molecule has 0 bridgehead atoms. The summed E-state index contributed by atoms with van der Waals surface area (Å²) in [4.78, 5) is 12.2. The Morgan fingerprint density at radius 1 is 1.50 bits per heavy atom. The van der Waals surface area contributed by atoms with Crippen LogP contribution >= 0.6 is 0 Å². The van der Waals surface area contributed by atoms with Crippen LogP contribution in [0.4, 0.5) is 4.39 Å². The van der Waals surface area contributed by atoms with E-state index in [1.54, 1.807) is 17.5 Å². The highest BCUT2D eigenvalue weighted by Crippen LogP contribution is 2.36. The molecular formula is C20H23FN2O3. The second-order valence-electron chi connectivity index (χ2n) is 7.25. The van der Waals surface area contributed by atoms with E-state index < -0.39 is 11.8 Å². The molecule has 5 nitrogen and oxygen atoms in total. The van der Waals surface area contributed by atoms with Gasteiger partial charge in [0, 0.05) is 24.6 Å². The SMILES string of the molecule is CCOC(=O)c1cn2cc(C3CCOC(C)(C)C3)cc(F)c2c1CC#N. The molecule has 1 unspecified atom stereocenters. The Bertz CT molecular complexity index is 879. The fourth-order valence-electron chi connectivity index (χ4n) is 3.73. The molecule has 138 valence electrons. The summed E-state index contributed by atoms with van der Waals surface area (Å²) in [5.41, 5.74) is 1.52. The third-order valence-corrected chi connectivity index (χ3v) is 4.86. The van der Waals surface area contributed by atoms with E-state index in [0.717, 1.165) is 18.4 Å². The maximum atomic E-state index is 14.9. The molecule has 1 atom stereocenters. The van der Waals surface area contributed by atoms with Gasteiger partial charge in [-0.15, -0.1) is 0 Å². The number of nitriles is 1. The number of aromatic nitrogens is 1. The molecule has 0 spiro atoms. The van der Waals surface area contributed by atoms with Crippen molar-refractivity contribution in [3.63, 3.8) is 0 Å². The van der Waals surface area contributed by atoms with Gasteiger partial charge in [-0.1, -0.05) is 0 Å². The summed E-state index contributed by atoms with van der Waals surface area (Å²) in [6.07, 6.45) is 5.00. The molecular weight excluding hydrogens is 335 g/mol. The molecule has 0 amide bonds. The molecule has 3 heterocycles. The predicted octanol–water partition coefficient (Wildman–Crippen LogP) is 3.99. The van der Waals surface area contributed by atoms with E-state index >= 15 is 0 Å². The number of carbonyl (C=O) groups is 1. The Kier molecular flexibility index (Phi) is 5.01. The molecule has 0 aliphatic carbocycles. The maximum absolute atomic E-state index is 14.9. The van der Waals surface area contributed by atoms with E-state index in [1.807, 2.05) is 26.1 Å². The molecule has 1 aliphatic rings. The normalized spacial score (nSPS) is 19.3. The zero-order valence-electron chi connectivity index (χ0n) is 15.3. The summed E-state index contributed by atoms with van der Waals surface area (Å²) >= 11 is 0. The van der Waals surface area contributed by atoms with Crippen LogP contribution in [0.15, 0.2) is 18.5 Å². The number of hydrogen-bond acceptors (Lipinski definition) is 4. The summed E-state index contributed by atoms with van der Waals surface area (Å²) in [6.45, 7) is 6.64. The Morgan fingerprint density at radius 2 is 2.27 bits per heavy atom. The molecule has 1 saturated heterocycles. The molecule has 2 aromatic rings. The van der Waals surface area contributed by atoms with Gasteiger partial charge in [0.05, 0.1) is 35.8 Å². The van der Waals surface area contributed by atoms with Crippen molar-refractivity contribution in [1.82, 2.24) is 4.40 Å². The van der Waals surface area contributed by atoms with Crippen molar-refractivity contribution in [2.75, 3.05) is 13.2 Å². The van der Waals surface area contributed by atoms with Crippen LogP contribution in [0.1, 0.15) is 61.0 Å². The van der Waals surface area contributed by atoms with Crippen LogP contribution < -0.4 is 0 Å². The van der Waals surface area contributed by atoms with Crippen molar-refractivity contribution in [3.05, 3.63) is 41.0 Å².